The lowest BCUT2D eigenvalue weighted by Gasteiger charge is -2.14. The van der Waals surface area contributed by atoms with Crippen molar-refractivity contribution in [1.29, 1.82) is 0 Å². The number of thiol groups is 1. The molecule has 5 nitrogen and oxygen atoms in total. The van der Waals surface area contributed by atoms with Crippen molar-refractivity contribution < 1.29 is 9.47 Å². The Hall–Kier alpha value is -2.21. The van der Waals surface area contributed by atoms with Crippen LogP contribution in [-0.2, 0) is 0 Å². The number of aromatic amines is 1. The fraction of sp³-hybridized carbons (Fsp3) is 0.200. The first-order chi connectivity index (χ1) is 10.2. The molecule has 0 amide bonds. The van der Waals surface area contributed by atoms with Gasteiger partial charge in [-0.15, -0.1) is 0 Å². The van der Waals surface area contributed by atoms with Gasteiger partial charge in [-0.3, -0.25) is 4.98 Å². The van der Waals surface area contributed by atoms with E-state index in [0.717, 1.165) is 16.9 Å². The van der Waals surface area contributed by atoms with Crippen molar-refractivity contribution in [2.45, 2.75) is 5.25 Å². The number of H-pyrrole nitrogens is 1. The van der Waals surface area contributed by atoms with Crippen molar-refractivity contribution in [3.05, 3.63) is 48.0 Å². The minimum atomic E-state index is -0.331. The first kappa shape index (κ1) is 13.8. The number of hydrogen-bond donors (Lipinski definition) is 2. The number of benzene rings is 1. The van der Waals surface area contributed by atoms with Gasteiger partial charge in [0.05, 0.1) is 25.3 Å². The van der Waals surface area contributed by atoms with Gasteiger partial charge in [0.25, 0.3) is 0 Å². The highest BCUT2D eigenvalue weighted by Gasteiger charge is 2.22. The van der Waals surface area contributed by atoms with E-state index in [-0.39, 0.29) is 5.25 Å². The molecule has 0 saturated heterocycles. The fourth-order valence-corrected chi connectivity index (χ4v) is 2.54. The molecule has 3 rings (SSSR count). The molecule has 21 heavy (non-hydrogen) atoms. The van der Waals surface area contributed by atoms with Crippen molar-refractivity contribution in [1.82, 2.24) is 15.0 Å². The van der Waals surface area contributed by atoms with Crippen LogP contribution >= 0.6 is 12.6 Å². The van der Waals surface area contributed by atoms with E-state index < -0.39 is 0 Å². The normalized spacial score (nSPS) is 12.3. The first-order valence-electron chi connectivity index (χ1n) is 6.44. The van der Waals surface area contributed by atoms with Crippen LogP contribution < -0.4 is 9.47 Å². The van der Waals surface area contributed by atoms with Crippen LogP contribution in [0.5, 0.6) is 11.5 Å². The highest BCUT2D eigenvalue weighted by Crippen LogP contribution is 2.37. The standard InChI is InChI=1S/C15H15N3O2S/c1-19-11-7-8-16-12(13(11)20-2)14(21)15-17-9-5-3-4-6-10(9)18-15/h3-8,14,21H,1-2H3,(H,17,18). The van der Waals surface area contributed by atoms with Gasteiger partial charge < -0.3 is 14.5 Å². The summed E-state index contributed by atoms with van der Waals surface area (Å²) in [5, 5.41) is -0.331. The molecule has 2 heterocycles. The molecule has 1 atom stereocenters. The Balaban J connectivity index is 2.07. The zero-order valence-electron chi connectivity index (χ0n) is 11.7. The van der Waals surface area contributed by atoms with Crippen molar-refractivity contribution in [2.24, 2.45) is 0 Å². The average molecular weight is 301 g/mol. The van der Waals surface area contributed by atoms with E-state index in [2.05, 4.69) is 27.6 Å². The molecule has 3 aromatic rings. The van der Waals surface area contributed by atoms with Crippen molar-refractivity contribution in [3.8, 4) is 11.5 Å². The SMILES string of the molecule is COc1ccnc(C(S)c2nc3ccccc3[nH]2)c1OC. The number of imidazole rings is 1. The predicted molar refractivity (Wildman–Crippen MR) is 84.3 cm³/mol. The lowest BCUT2D eigenvalue weighted by Crippen LogP contribution is -2.03. The van der Waals surface area contributed by atoms with Gasteiger partial charge in [0, 0.05) is 12.3 Å². The molecule has 0 aliphatic rings. The largest absolute Gasteiger partial charge is 0.493 e. The molecule has 0 bridgehead atoms. The van der Waals surface area contributed by atoms with Crippen LogP contribution in [0.4, 0.5) is 0 Å². The van der Waals surface area contributed by atoms with Gasteiger partial charge in [-0.05, 0) is 12.1 Å². The molecule has 0 aliphatic carbocycles. The third-order valence-corrected chi connectivity index (χ3v) is 3.73. The Morgan fingerprint density at radius 1 is 1.14 bits per heavy atom. The first-order valence-corrected chi connectivity index (χ1v) is 6.96. The monoisotopic (exact) mass is 301 g/mol. The summed E-state index contributed by atoms with van der Waals surface area (Å²) in [5.74, 6) is 1.91. The lowest BCUT2D eigenvalue weighted by molar-refractivity contribution is 0.349. The summed E-state index contributed by atoms with van der Waals surface area (Å²) >= 11 is 4.64. The molecule has 2 aromatic heterocycles. The number of methoxy groups -OCH3 is 2. The van der Waals surface area contributed by atoms with Crippen LogP contribution in [-0.4, -0.2) is 29.2 Å². The van der Waals surface area contributed by atoms with E-state index >= 15 is 0 Å². The highest BCUT2D eigenvalue weighted by atomic mass is 32.1. The van der Waals surface area contributed by atoms with Crippen LogP contribution in [0.2, 0.25) is 0 Å². The summed E-state index contributed by atoms with van der Waals surface area (Å²) in [7, 11) is 3.18. The van der Waals surface area contributed by atoms with Gasteiger partial charge in [-0.1, -0.05) is 12.1 Å². The van der Waals surface area contributed by atoms with Gasteiger partial charge in [-0.25, -0.2) is 4.98 Å². The molecule has 0 radical (unpaired) electrons. The summed E-state index contributed by atoms with van der Waals surface area (Å²) < 4.78 is 10.7. The zero-order chi connectivity index (χ0) is 14.8. The van der Waals surface area contributed by atoms with Crippen LogP contribution in [0.15, 0.2) is 36.5 Å². The number of nitrogens with one attached hydrogen (secondary N) is 1. The summed E-state index contributed by atoms with van der Waals surface area (Å²) in [5.41, 5.74) is 2.53. The Labute approximate surface area is 127 Å². The van der Waals surface area contributed by atoms with Gasteiger partial charge in [0.2, 0.25) is 0 Å². The van der Waals surface area contributed by atoms with Crippen molar-refractivity contribution in [2.75, 3.05) is 14.2 Å². The van der Waals surface area contributed by atoms with E-state index in [1.807, 2.05) is 24.3 Å². The minimum Gasteiger partial charge on any atom is -0.493 e. The number of para-hydroxylation sites is 2. The maximum atomic E-state index is 5.41. The molecule has 108 valence electrons. The molecule has 0 aliphatic heterocycles. The lowest BCUT2D eigenvalue weighted by atomic mass is 10.2. The topological polar surface area (TPSA) is 60.0 Å². The number of pyridine rings is 1. The van der Waals surface area contributed by atoms with Crippen molar-refractivity contribution >= 4 is 23.7 Å². The maximum absolute atomic E-state index is 5.41. The number of rotatable bonds is 4. The quantitative estimate of drug-likeness (QED) is 0.727. The summed E-state index contributed by atoms with van der Waals surface area (Å²) in [6, 6.07) is 9.59. The number of nitrogens with zero attached hydrogens (tertiary/aromatic N) is 2. The van der Waals surface area contributed by atoms with E-state index in [1.54, 1.807) is 26.5 Å². The second kappa shape index (κ2) is 5.65. The predicted octanol–water partition coefficient (Wildman–Crippen LogP) is 2.99. The Morgan fingerprint density at radius 2 is 1.95 bits per heavy atom. The third kappa shape index (κ3) is 2.42. The molecular weight excluding hydrogens is 286 g/mol. The molecular formula is C15H15N3O2S. The van der Waals surface area contributed by atoms with Crippen LogP contribution in [0.1, 0.15) is 16.8 Å². The maximum Gasteiger partial charge on any atom is 0.183 e. The average Bonchev–Trinajstić information content (AvgIpc) is 2.97. The molecule has 1 unspecified atom stereocenters. The highest BCUT2D eigenvalue weighted by molar-refractivity contribution is 7.80. The van der Waals surface area contributed by atoms with Gasteiger partial charge in [-0.2, -0.15) is 12.6 Å². The zero-order valence-corrected chi connectivity index (χ0v) is 12.6. The summed E-state index contributed by atoms with van der Waals surface area (Å²) in [4.78, 5) is 12.2. The number of aromatic nitrogens is 3. The summed E-state index contributed by atoms with van der Waals surface area (Å²) in [6.45, 7) is 0. The Kier molecular flexibility index (Phi) is 3.70. The molecule has 0 spiro atoms. The Bertz CT molecular complexity index is 739. The fourth-order valence-electron chi connectivity index (χ4n) is 2.24. The minimum absolute atomic E-state index is 0.331. The second-order valence-electron chi connectivity index (χ2n) is 4.47. The molecule has 1 aromatic carbocycles. The number of fused-ring (bicyclic) bond motifs is 1. The third-order valence-electron chi connectivity index (χ3n) is 3.25. The molecule has 0 saturated carbocycles. The smallest absolute Gasteiger partial charge is 0.183 e. The molecule has 1 N–H and O–H groups in total. The van der Waals surface area contributed by atoms with Crippen LogP contribution in [0.25, 0.3) is 11.0 Å². The van der Waals surface area contributed by atoms with Gasteiger partial charge in [0.15, 0.2) is 11.5 Å². The number of ether oxygens (including phenoxy) is 2. The van der Waals surface area contributed by atoms with Crippen LogP contribution in [0.3, 0.4) is 0 Å². The summed E-state index contributed by atoms with van der Waals surface area (Å²) in [6.07, 6.45) is 1.67. The van der Waals surface area contributed by atoms with E-state index in [9.17, 15) is 0 Å². The second-order valence-corrected chi connectivity index (χ2v) is 4.99. The van der Waals surface area contributed by atoms with E-state index in [0.29, 0.717) is 17.2 Å². The van der Waals surface area contributed by atoms with Crippen LogP contribution in [0, 0.1) is 0 Å². The number of hydrogen-bond acceptors (Lipinski definition) is 5. The van der Waals surface area contributed by atoms with Crippen molar-refractivity contribution in [3.63, 3.8) is 0 Å². The van der Waals surface area contributed by atoms with E-state index in [4.69, 9.17) is 9.47 Å². The molecule has 0 fully saturated rings. The van der Waals surface area contributed by atoms with E-state index in [1.165, 1.54) is 0 Å². The van der Waals surface area contributed by atoms with Gasteiger partial charge in [0.1, 0.15) is 16.8 Å². The van der Waals surface area contributed by atoms with Gasteiger partial charge >= 0.3 is 0 Å². The Morgan fingerprint density at radius 3 is 2.67 bits per heavy atom. The molecule has 6 heteroatoms.